The molecule has 0 aromatic heterocycles. The standard InChI is InChI=1S/C14H8O3/c15-13-11-7-6-10(8-12(11)17-14(13)16)9-4-2-1-3-5-9/h1-8H. The summed E-state index contributed by atoms with van der Waals surface area (Å²) in [4.78, 5) is 22.5. The summed E-state index contributed by atoms with van der Waals surface area (Å²) in [5.74, 6) is -1.02. The zero-order valence-corrected chi connectivity index (χ0v) is 8.84. The van der Waals surface area contributed by atoms with Gasteiger partial charge in [-0.2, -0.15) is 0 Å². The van der Waals surface area contributed by atoms with Crippen molar-refractivity contribution in [3.63, 3.8) is 0 Å². The number of fused-ring (bicyclic) bond motifs is 1. The highest BCUT2D eigenvalue weighted by Gasteiger charge is 2.30. The van der Waals surface area contributed by atoms with E-state index >= 15 is 0 Å². The molecule has 0 aliphatic carbocycles. The molecular weight excluding hydrogens is 216 g/mol. The minimum absolute atomic E-state index is 0.342. The molecule has 3 nitrogen and oxygen atoms in total. The van der Waals surface area contributed by atoms with Gasteiger partial charge in [0.25, 0.3) is 5.78 Å². The third-order valence-corrected chi connectivity index (χ3v) is 2.72. The topological polar surface area (TPSA) is 43.4 Å². The number of carbonyl (C=O) groups is 2. The van der Waals surface area contributed by atoms with E-state index in [4.69, 9.17) is 4.74 Å². The van der Waals surface area contributed by atoms with Crippen LogP contribution in [0.15, 0.2) is 48.5 Å². The SMILES string of the molecule is O=C1Oc2cc(-c3ccccc3)ccc2C1=O. The smallest absolute Gasteiger partial charge is 0.385 e. The summed E-state index contributed by atoms with van der Waals surface area (Å²) in [7, 11) is 0. The van der Waals surface area contributed by atoms with Crippen LogP contribution >= 0.6 is 0 Å². The van der Waals surface area contributed by atoms with Crippen molar-refractivity contribution >= 4 is 11.8 Å². The largest absolute Gasteiger partial charge is 0.420 e. The van der Waals surface area contributed by atoms with Gasteiger partial charge in [-0.3, -0.25) is 4.79 Å². The Morgan fingerprint density at radius 2 is 1.59 bits per heavy atom. The summed E-state index contributed by atoms with van der Waals surface area (Å²) in [6.45, 7) is 0. The molecule has 3 rings (SSSR count). The molecule has 3 heteroatoms. The molecule has 82 valence electrons. The summed E-state index contributed by atoms with van der Waals surface area (Å²) in [6, 6.07) is 14.9. The van der Waals surface area contributed by atoms with Gasteiger partial charge in [0.1, 0.15) is 5.75 Å². The van der Waals surface area contributed by atoms with Crippen LogP contribution in [0.2, 0.25) is 0 Å². The first-order valence-electron chi connectivity index (χ1n) is 5.22. The van der Waals surface area contributed by atoms with E-state index in [2.05, 4.69) is 0 Å². The van der Waals surface area contributed by atoms with Gasteiger partial charge in [-0.25, -0.2) is 4.79 Å². The molecule has 0 saturated heterocycles. The lowest BCUT2D eigenvalue weighted by molar-refractivity contribution is -0.128. The average Bonchev–Trinajstić information content (AvgIpc) is 2.66. The first kappa shape index (κ1) is 9.78. The Balaban J connectivity index is 2.10. The molecule has 1 heterocycles. The van der Waals surface area contributed by atoms with Crippen molar-refractivity contribution in [2.24, 2.45) is 0 Å². The van der Waals surface area contributed by atoms with Gasteiger partial charge in [0.15, 0.2) is 0 Å². The normalized spacial score (nSPS) is 13.4. The highest BCUT2D eigenvalue weighted by atomic mass is 16.5. The summed E-state index contributed by atoms with van der Waals surface area (Å²) in [5.41, 5.74) is 2.28. The number of rotatable bonds is 1. The van der Waals surface area contributed by atoms with Gasteiger partial charge in [-0.05, 0) is 23.3 Å². The molecule has 0 atom stereocenters. The number of ketones is 1. The second kappa shape index (κ2) is 3.56. The lowest BCUT2D eigenvalue weighted by Gasteiger charge is -2.02. The van der Waals surface area contributed by atoms with E-state index in [-0.39, 0.29) is 0 Å². The molecule has 0 fully saturated rings. The molecule has 2 aromatic carbocycles. The third-order valence-electron chi connectivity index (χ3n) is 2.72. The average molecular weight is 224 g/mol. The molecule has 0 unspecified atom stereocenters. The number of hydrogen-bond acceptors (Lipinski definition) is 3. The molecule has 2 aromatic rings. The van der Waals surface area contributed by atoms with E-state index < -0.39 is 11.8 Å². The van der Waals surface area contributed by atoms with Gasteiger partial charge in [0.05, 0.1) is 5.56 Å². The van der Waals surface area contributed by atoms with Crippen LogP contribution in [0, 0.1) is 0 Å². The van der Waals surface area contributed by atoms with Crippen molar-refractivity contribution < 1.29 is 14.3 Å². The van der Waals surface area contributed by atoms with Crippen LogP contribution in [0.3, 0.4) is 0 Å². The van der Waals surface area contributed by atoms with Crippen LogP contribution < -0.4 is 4.74 Å². The Kier molecular flexibility index (Phi) is 2.05. The maximum atomic E-state index is 11.4. The molecule has 0 spiro atoms. The second-order valence-electron chi connectivity index (χ2n) is 3.80. The highest BCUT2D eigenvalue weighted by Crippen LogP contribution is 2.31. The van der Waals surface area contributed by atoms with Gasteiger partial charge in [-0.1, -0.05) is 36.4 Å². The van der Waals surface area contributed by atoms with Crippen molar-refractivity contribution in [1.29, 1.82) is 0 Å². The fourth-order valence-electron chi connectivity index (χ4n) is 1.86. The molecule has 0 bridgehead atoms. The van der Waals surface area contributed by atoms with Crippen LogP contribution in [0.4, 0.5) is 0 Å². The second-order valence-corrected chi connectivity index (χ2v) is 3.80. The zero-order valence-electron chi connectivity index (χ0n) is 8.84. The zero-order chi connectivity index (χ0) is 11.8. The Morgan fingerprint density at radius 3 is 2.35 bits per heavy atom. The van der Waals surface area contributed by atoms with Gasteiger partial charge in [-0.15, -0.1) is 0 Å². The summed E-state index contributed by atoms with van der Waals surface area (Å²) >= 11 is 0. The molecule has 0 radical (unpaired) electrons. The van der Waals surface area contributed by atoms with Gasteiger partial charge < -0.3 is 4.74 Å². The van der Waals surface area contributed by atoms with Crippen LogP contribution in [0.5, 0.6) is 5.75 Å². The van der Waals surface area contributed by atoms with E-state index in [1.54, 1.807) is 12.1 Å². The van der Waals surface area contributed by atoms with Gasteiger partial charge in [0, 0.05) is 0 Å². The molecule has 0 saturated carbocycles. The van der Waals surface area contributed by atoms with Crippen LogP contribution in [0.1, 0.15) is 10.4 Å². The Labute approximate surface area is 97.6 Å². The molecule has 0 amide bonds. The fourth-order valence-corrected chi connectivity index (χ4v) is 1.86. The Morgan fingerprint density at radius 1 is 0.824 bits per heavy atom. The van der Waals surface area contributed by atoms with Gasteiger partial charge in [0.2, 0.25) is 0 Å². The minimum Gasteiger partial charge on any atom is -0.420 e. The van der Waals surface area contributed by atoms with Gasteiger partial charge >= 0.3 is 5.97 Å². The monoisotopic (exact) mass is 224 g/mol. The lowest BCUT2D eigenvalue weighted by atomic mass is 10.0. The number of Topliss-reactive ketones (excluding diaryl/α,β-unsaturated/α-hetero) is 1. The van der Waals surface area contributed by atoms with E-state index in [1.165, 1.54) is 0 Å². The first-order valence-corrected chi connectivity index (χ1v) is 5.22. The predicted octanol–water partition coefficient (Wildman–Crippen LogP) is 2.46. The van der Waals surface area contributed by atoms with Crippen molar-refractivity contribution in [3.8, 4) is 16.9 Å². The van der Waals surface area contributed by atoms with Crippen LogP contribution in [-0.4, -0.2) is 11.8 Å². The summed E-state index contributed by atoms with van der Waals surface area (Å²) < 4.78 is 4.89. The van der Waals surface area contributed by atoms with Crippen molar-refractivity contribution in [1.82, 2.24) is 0 Å². The Bertz CT molecular complexity index is 615. The quantitative estimate of drug-likeness (QED) is 0.424. The van der Waals surface area contributed by atoms with Crippen LogP contribution in [0.25, 0.3) is 11.1 Å². The van der Waals surface area contributed by atoms with E-state index in [1.807, 2.05) is 36.4 Å². The maximum absolute atomic E-state index is 11.4. The van der Waals surface area contributed by atoms with E-state index in [9.17, 15) is 9.59 Å². The molecule has 0 N–H and O–H groups in total. The molecule has 1 aliphatic heterocycles. The first-order chi connectivity index (χ1) is 8.25. The fraction of sp³-hybridized carbons (Fsp3) is 0. The number of benzene rings is 2. The van der Waals surface area contributed by atoms with E-state index in [0.717, 1.165) is 11.1 Å². The minimum atomic E-state index is -0.801. The predicted molar refractivity (Wildman–Crippen MR) is 61.8 cm³/mol. The summed E-state index contributed by atoms with van der Waals surface area (Å²) in [6.07, 6.45) is 0. The number of esters is 1. The number of carbonyl (C=O) groups excluding carboxylic acids is 2. The maximum Gasteiger partial charge on any atom is 0.385 e. The Hall–Kier alpha value is -2.42. The van der Waals surface area contributed by atoms with Crippen molar-refractivity contribution in [2.75, 3.05) is 0 Å². The lowest BCUT2D eigenvalue weighted by Crippen LogP contribution is -2.10. The molecular formula is C14H8O3. The highest BCUT2D eigenvalue weighted by molar-refractivity contribution is 6.44. The van der Waals surface area contributed by atoms with Crippen LogP contribution in [-0.2, 0) is 4.79 Å². The molecule has 1 aliphatic rings. The number of ether oxygens (including phenoxy) is 1. The third kappa shape index (κ3) is 1.52. The summed E-state index contributed by atoms with van der Waals surface area (Å²) in [5, 5.41) is 0. The number of hydrogen-bond donors (Lipinski definition) is 0. The van der Waals surface area contributed by atoms with Crippen molar-refractivity contribution in [3.05, 3.63) is 54.1 Å². The molecule has 17 heavy (non-hydrogen) atoms. The van der Waals surface area contributed by atoms with E-state index in [0.29, 0.717) is 11.3 Å². The van der Waals surface area contributed by atoms with Crippen molar-refractivity contribution in [2.45, 2.75) is 0 Å².